The van der Waals surface area contributed by atoms with Crippen LogP contribution in [0.4, 0.5) is 26.3 Å². The molecule has 0 nitrogen and oxygen atoms in total. The zero-order chi connectivity index (χ0) is 28.1. The van der Waals surface area contributed by atoms with Crippen LogP contribution in [0.25, 0.3) is 17.2 Å². The van der Waals surface area contributed by atoms with Gasteiger partial charge in [-0.3, -0.25) is 0 Å². The Balaban J connectivity index is 1.42. The van der Waals surface area contributed by atoms with E-state index in [1.165, 1.54) is 30.3 Å². The highest BCUT2D eigenvalue weighted by molar-refractivity contribution is 5.68. The fourth-order valence-corrected chi connectivity index (χ4v) is 5.51. The van der Waals surface area contributed by atoms with E-state index in [9.17, 15) is 26.3 Å². The van der Waals surface area contributed by atoms with Gasteiger partial charge in [0.1, 0.15) is 0 Å². The second-order valence-electron chi connectivity index (χ2n) is 10.5. The predicted molar refractivity (Wildman–Crippen MR) is 144 cm³/mol. The Morgan fingerprint density at radius 1 is 0.641 bits per heavy atom. The van der Waals surface area contributed by atoms with Crippen molar-refractivity contribution in [3.05, 3.63) is 99.6 Å². The molecule has 208 valence electrons. The van der Waals surface area contributed by atoms with E-state index in [1.54, 1.807) is 25.1 Å². The number of benzene rings is 3. The van der Waals surface area contributed by atoms with Crippen LogP contribution in [0.5, 0.6) is 0 Å². The van der Waals surface area contributed by atoms with Crippen molar-refractivity contribution in [2.75, 3.05) is 0 Å². The lowest BCUT2D eigenvalue weighted by Gasteiger charge is -2.27. The largest absolute Gasteiger partial charge is 0.203 e. The molecule has 1 fully saturated rings. The number of rotatable bonds is 9. The molecule has 1 aliphatic carbocycles. The van der Waals surface area contributed by atoms with E-state index in [0.717, 1.165) is 19.3 Å². The molecule has 0 unspecified atom stereocenters. The summed E-state index contributed by atoms with van der Waals surface area (Å²) < 4.78 is 87.9. The molecule has 0 amide bonds. The molecule has 0 radical (unpaired) electrons. The lowest BCUT2D eigenvalue weighted by Crippen LogP contribution is -2.14. The van der Waals surface area contributed by atoms with Gasteiger partial charge in [-0.15, -0.1) is 0 Å². The van der Waals surface area contributed by atoms with Crippen LogP contribution >= 0.6 is 0 Å². The molecule has 0 bridgehead atoms. The Labute approximate surface area is 226 Å². The molecule has 0 N–H and O–H groups in total. The molecular weight excluding hydrogens is 510 g/mol. The number of allylic oxidation sites excluding steroid dienone is 1. The summed E-state index contributed by atoms with van der Waals surface area (Å²) in [7, 11) is 0. The highest BCUT2D eigenvalue weighted by Gasteiger charge is 2.26. The Morgan fingerprint density at radius 3 is 1.92 bits per heavy atom. The average molecular weight is 545 g/mol. The van der Waals surface area contributed by atoms with E-state index >= 15 is 0 Å². The van der Waals surface area contributed by atoms with Gasteiger partial charge < -0.3 is 0 Å². The van der Waals surface area contributed by atoms with E-state index in [0.29, 0.717) is 43.2 Å². The summed E-state index contributed by atoms with van der Waals surface area (Å²) in [5, 5.41) is 0. The fourth-order valence-electron chi connectivity index (χ4n) is 5.51. The van der Waals surface area contributed by atoms with Crippen LogP contribution in [0.1, 0.15) is 87.0 Å². The van der Waals surface area contributed by atoms with Crippen molar-refractivity contribution in [1.29, 1.82) is 0 Å². The number of aryl methyl sites for hydroxylation is 2. The van der Waals surface area contributed by atoms with Gasteiger partial charge in [0.05, 0.1) is 0 Å². The van der Waals surface area contributed by atoms with Crippen molar-refractivity contribution < 1.29 is 26.3 Å². The average Bonchev–Trinajstić information content (AvgIpc) is 2.94. The fraction of sp³-hybridized carbons (Fsp3) is 0.394. The second-order valence-corrected chi connectivity index (χ2v) is 10.5. The normalized spacial score (nSPS) is 17.7. The van der Waals surface area contributed by atoms with Gasteiger partial charge in [-0.25, -0.2) is 26.3 Å². The Morgan fingerprint density at radius 2 is 1.26 bits per heavy atom. The number of halogens is 6. The zero-order valence-electron chi connectivity index (χ0n) is 22.4. The number of unbranched alkanes of at least 4 members (excludes halogenated alkanes) is 2. The first-order valence-electron chi connectivity index (χ1n) is 13.9. The lowest BCUT2D eigenvalue weighted by atomic mass is 9.78. The summed E-state index contributed by atoms with van der Waals surface area (Å²) in [6, 6.07) is 8.65. The minimum Gasteiger partial charge on any atom is -0.203 e. The first-order valence-corrected chi connectivity index (χ1v) is 13.9. The molecule has 4 rings (SSSR count). The maximum atomic E-state index is 14.9. The maximum Gasteiger partial charge on any atom is 0.167 e. The molecule has 0 aliphatic heterocycles. The molecule has 1 saturated carbocycles. The topological polar surface area (TPSA) is 0 Å². The van der Waals surface area contributed by atoms with Gasteiger partial charge >= 0.3 is 0 Å². The van der Waals surface area contributed by atoms with Crippen molar-refractivity contribution in [3.63, 3.8) is 0 Å². The van der Waals surface area contributed by atoms with Gasteiger partial charge in [-0.1, -0.05) is 75.2 Å². The summed E-state index contributed by atoms with van der Waals surface area (Å²) in [4.78, 5) is 0. The van der Waals surface area contributed by atoms with Crippen LogP contribution in [0.15, 0.2) is 42.5 Å². The van der Waals surface area contributed by atoms with Crippen molar-refractivity contribution in [2.45, 2.75) is 77.6 Å². The third kappa shape index (κ3) is 6.26. The molecule has 1 aliphatic rings. The molecule has 0 heterocycles. The lowest BCUT2D eigenvalue weighted by molar-refractivity contribution is 0.364. The molecule has 6 heteroatoms. The van der Waals surface area contributed by atoms with Crippen LogP contribution in [-0.2, 0) is 12.8 Å². The van der Waals surface area contributed by atoms with Gasteiger partial charge in [0.25, 0.3) is 0 Å². The van der Waals surface area contributed by atoms with Gasteiger partial charge in [-0.2, -0.15) is 0 Å². The summed E-state index contributed by atoms with van der Waals surface area (Å²) in [6.45, 7) is 3.74. The van der Waals surface area contributed by atoms with Gasteiger partial charge in [0, 0.05) is 16.7 Å². The van der Waals surface area contributed by atoms with E-state index in [1.807, 2.05) is 0 Å². The minimum atomic E-state index is -1.24. The standard InChI is InChI=1S/C33H34F6/c1-3-5-6-7-23-15-17-25(31(37)29(23)35)22-11-8-20(9-12-22)10-13-24-16-19-27(33(39)30(24)36)26-18-14-21(4-2)28(34)32(26)38/h10,13-20,22H,3-9,11-12H2,1-2H3/b13-10+. The molecule has 0 saturated heterocycles. The smallest absolute Gasteiger partial charge is 0.167 e. The maximum absolute atomic E-state index is 14.9. The van der Waals surface area contributed by atoms with Crippen molar-refractivity contribution in [2.24, 2.45) is 5.92 Å². The van der Waals surface area contributed by atoms with Crippen LogP contribution in [0, 0.1) is 40.8 Å². The third-order valence-corrected chi connectivity index (χ3v) is 7.95. The van der Waals surface area contributed by atoms with E-state index in [2.05, 4.69) is 6.92 Å². The quantitative estimate of drug-likeness (QED) is 0.186. The monoisotopic (exact) mass is 544 g/mol. The van der Waals surface area contributed by atoms with Gasteiger partial charge in [-0.05, 0) is 73.5 Å². The number of hydrogen-bond acceptors (Lipinski definition) is 0. The third-order valence-electron chi connectivity index (χ3n) is 7.95. The molecular formula is C33H34F6. The highest BCUT2D eigenvalue weighted by atomic mass is 19.2. The van der Waals surface area contributed by atoms with Crippen molar-refractivity contribution in [1.82, 2.24) is 0 Å². The molecule has 0 aromatic heterocycles. The Kier molecular flexibility index (Phi) is 9.58. The van der Waals surface area contributed by atoms with Crippen LogP contribution < -0.4 is 0 Å². The van der Waals surface area contributed by atoms with Crippen LogP contribution in [-0.4, -0.2) is 0 Å². The van der Waals surface area contributed by atoms with Crippen molar-refractivity contribution in [3.8, 4) is 11.1 Å². The summed E-state index contributed by atoms with van der Waals surface area (Å²) in [5.74, 6) is -6.12. The SMILES string of the molecule is CCCCCc1ccc(C2CCC(/C=C/c3ccc(-c4ccc(CC)c(F)c4F)c(F)c3F)CC2)c(F)c1F. The predicted octanol–water partition coefficient (Wildman–Crippen LogP) is 10.5. The summed E-state index contributed by atoms with van der Waals surface area (Å²) in [6.07, 6.45) is 9.67. The first kappa shape index (κ1) is 29.0. The van der Waals surface area contributed by atoms with E-state index < -0.39 is 34.9 Å². The van der Waals surface area contributed by atoms with E-state index in [4.69, 9.17) is 0 Å². The second kappa shape index (κ2) is 12.9. The molecule has 39 heavy (non-hydrogen) atoms. The van der Waals surface area contributed by atoms with Gasteiger partial charge in [0.2, 0.25) is 0 Å². The highest BCUT2D eigenvalue weighted by Crippen LogP contribution is 2.39. The molecule has 0 atom stereocenters. The Bertz CT molecular complexity index is 1330. The van der Waals surface area contributed by atoms with Crippen molar-refractivity contribution >= 4 is 6.08 Å². The summed E-state index contributed by atoms with van der Waals surface area (Å²) in [5.41, 5.74) is 0.346. The van der Waals surface area contributed by atoms with E-state index in [-0.39, 0.29) is 40.5 Å². The van der Waals surface area contributed by atoms with Crippen LogP contribution in [0.2, 0.25) is 0 Å². The molecule has 0 spiro atoms. The first-order chi connectivity index (χ1) is 18.8. The molecule has 3 aromatic rings. The number of hydrogen-bond donors (Lipinski definition) is 0. The minimum absolute atomic E-state index is 0.0104. The molecule has 3 aromatic carbocycles. The summed E-state index contributed by atoms with van der Waals surface area (Å²) >= 11 is 0. The zero-order valence-corrected chi connectivity index (χ0v) is 22.4. The Hall–Kier alpha value is -3.02. The van der Waals surface area contributed by atoms with Crippen LogP contribution in [0.3, 0.4) is 0 Å². The van der Waals surface area contributed by atoms with Gasteiger partial charge in [0.15, 0.2) is 34.9 Å².